The van der Waals surface area contributed by atoms with Crippen molar-refractivity contribution in [2.24, 2.45) is 5.92 Å². The summed E-state index contributed by atoms with van der Waals surface area (Å²) in [5.41, 5.74) is 0. The molecule has 1 aliphatic rings. The molecule has 1 aromatic heterocycles. The largest absolute Gasteiger partial charge is 0.467 e. The zero-order chi connectivity index (χ0) is 14.2. The second-order valence-electron chi connectivity index (χ2n) is 5.34. The van der Waals surface area contributed by atoms with Gasteiger partial charge in [-0.25, -0.2) is 4.79 Å². The van der Waals surface area contributed by atoms with Crippen LogP contribution in [0.4, 0.5) is 4.79 Å². The van der Waals surface area contributed by atoms with Crippen molar-refractivity contribution >= 4 is 6.03 Å². The number of urea groups is 1. The van der Waals surface area contributed by atoms with Gasteiger partial charge in [-0.1, -0.05) is 19.1 Å². The van der Waals surface area contributed by atoms with E-state index in [9.17, 15) is 4.79 Å². The minimum absolute atomic E-state index is 0.0119. The third-order valence-corrected chi connectivity index (χ3v) is 3.60. The summed E-state index contributed by atoms with van der Waals surface area (Å²) in [6.45, 7) is 4.12. The van der Waals surface area contributed by atoms with Crippen molar-refractivity contribution in [1.29, 1.82) is 0 Å². The molecule has 2 rings (SSSR count). The summed E-state index contributed by atoms with van der Waals surface area (Å²) in [5, 5.41) is 2.96. The quantitative estimate of drug-likeness (QED) is 0.807. The highest BCUT2D eigenvalue weighted by molar-refractivity contribution is 5.74. The minimum Gasteiger partial charge on any atom is -0.467 e. The summed E-state index contributed by atoms with van der Waals surface area (Å²) in [4.78, 5) is 14.1. The standard InChI is InChI=1S/C16H24N2O2/c1-2-10-17-16(19)18(13-15-9-6-11-20-15)12-14-7-4-3-5-8-14/h3-4,6,9,11,14H,2,5,7-8,10,12-13H2,1H3,(H,17,19)/t14-/m0/s1. The Bertz CT molecular complexity index is 426. The van der Waals surface area contributed by atoms with Crippen LogP contribution in [-0.4, -0.2) is 24.0 Å². The first-order valence-electron chi connectivity index (χ1n) is 7.49. The molecule has 0 fully saturated rings. The van der Waals surface area contributed by atoms with Gasteiger partial charge in [-0.05, 0) is 43.7 Å². The van der Waals surface area contributed by atoms with Gasteiger partial charge in [0.2, 0.25) is 0 Å². The molecule has 0 unspecified atom stereocenters. The van der Waals surface area contributed by atoms with Crippen molar-refractivity contribution in [1.82, 2.24) is 10.2 Å². The number of carbonyl (C=O) groups excluding carboxylic acids is 1. The van der Waals surface area contributed by atoms with Gasteiger partial charge in [0.1, 0.15) is 5.76 Å². The van der Waals surface area contributed by atoms with E-state index in [2.05, 4.69) is 24.4 Å². The Hall–Kier alpha value is -1.71. The van der Waals surface area contributed by atoms with Gasteiger partial charge >= 0.3 is 6.03 Å². The number of amides is 2. The Balaban J connectivity index is 1.94. The van der Waals surface area contributed by atoms with E-state index < -0.39 is 0 Å². The van der Waals surface area contributed by atoms with Gasteiger partial charge in [0, 0.05) is 13.1 Å². The van der Waals surface area contributed by atoms with Crippen LogP contribution in [0.25, 0.3) is 0 Å². The van der Waals surface area contributed by atoms with E-state index in [1.54, 1.807) is 6.26 Å². The molecule has 4 nitrogen and oxygen atoms in total. The average Bonchev–Trinajstić information content (AvgIpc) is 2.98. The van der Waals surface area contributed by atoms with E-state index in [0.29, 0.717) is 12.5 Å². The SMILES string of the molecule is CCCNC(=O)N(Cc1ccco1)C[C@H]1CC=CCC1. The maximum absolute atomic E-state index is 12.3. The fourth-order valence-corrected chi connectivity index (χ4v) is 2.49. The zero-order valence-corrected chi connectivity index (χ0v) is 12.2. The van der Waals surface area contributed by atoms with E-state index in [1.165, 1.54) is 0 Å². The summed E-state index contributed by atoms with van der Waals surface area (Å²) in [5.74, 6) is 1.39. The predicted molar refractivity (Wildman–Crippen MR) is 79.3 cm³/mol. The van der Waals surface area contributed by atoms with Crippen LogP contribution in [0.2, 0.25) is 0 Å². The molecular formula is C16H24N2O2. The number of hydrogen-bond acceptors (Lipinski definition) is 2. The number of carbonyl (C=O) groups is 1. The van der Waals surface area contributed by atoms with Gasteiger partial charge in [0.15, 0.2) is 0 Å². The van der Waals surface area contributed by atoms with Gasteiger partial charge in [0.05, 0.1) is 12.8 Å². The normalized spacial score (nSPS) is 17.9. The van der Waals surface area contributed by atoms with E-state index in [0.717, 1.165) is 44.5 Å². The molecule has 0 saturated heterocycles. The second-order valence-corrected chi connectivity index (χ2v) is 5.34. The maximum atomic E-state index is 12.3. The highest BCUT2D eigenvalue weighted by Gasteiger charge is 2.20. The summed E-state index contributed by atoms with van der Waals surface area (Å²) in [7, 11) is 0. The number of nitrogens with one attached hydrogen (secondary N) is 1. The number of hydrogen-bond donors (Lipinski definition) is 1. The molecule has 1 N–H and O–H groups in total. The molecule has 0 aromatic carbocycles. The lowest BCUT2D eigenvalue weighted by atomic mass is 9.94. The van der Waals surface area contributed by atoms with Gasteiger partial charge in [0.25, 0.3) is 0 Å². The summed E-state index contributed by atoms with van der Waals surface area (Å²) in [6.07, 6.45) is 10.4. The van der Waals surface area contributed by atoms with Crippen LogP contribution in [-0.2, 0) is 6.54 Å². The molecule has 0 spiro atoms. The first kappa shape index (κ1) is 14.7. The van der Waals surface area contributed by atoms with Crippen LogP contribution >= 0.6 is 0 Å². The van der Waals surface area contributed by atoms with Crippen LogP contribution in [0.3, 0.4) is 0 Å². The Morgan fingerprint density at radius 3 is 3.05 bits per heavy atom. The van der Waals surface area contributed by atoms with Crippen LogP contribution in [0.15, 0.2) is 35.0 Å². The van der Waals surface area contributed by atoms with Crippen molar-refractivity contribution in [3.05, 3.63) is 36.3 Å². The lowest BCUT2D eigenvalue weighted by molar-refractivity contribution is 0.176. The molecule has 4 heteroatoms. The van der Waals surface area contributed by atoms with E-state index in [1.807, 2.05) is 17.0 Å². The molecule has 110 valence electrons. The van der Waals surface area contributed by atoms with Crippen molar-refractivity contribution < 1.29 is 9.21 Å². The van der Waals surface area contributed by atoms with E-state index in [-0.39, 0.29) is 6.03 Å². The Morgan fingerprint density at radius 2 is 2.40 bits per heavy atom. The molecule has 1 aromatic rings. The number of rotatable bonds is 6. The lowest BCUT2D eigenvalue weighted by Crippen LogP contribution is -2.42. The Morgan fingerprint density at radius 1 is 1.50 bits per heavy atom. The first-order chi connectivity index (χ1) is 9.79. The molecule has 2 amide bonds. The molecule has 1 heterocycles. The highest BCUT2D eigenvalue weighted by atomic mass is 16.3. The third-order valence-electron chi connectivity index (χ3n) is 3.60. The molecule has 0 bridgehead atoms. The predicted octanol–water partition coefficient (Wildman–Crippen LogP) is 3.56. The van der Waals surface area contributed by atoms with E-state index >= 15 is 0 Å². The second kappa shape index (κ2) is 7.78. The summed E-state index contributed by atoms with van der Waals surface area (Å²) >= 11 is 0. The fourth-order valence-electron chi connectivity index (χ4n) is 2.49. The number of allylic oxidation sites excluding steroid dienone is 2. The fraction of sp³-hybridized carbons (Fsp3) is 0.562. The van der Waals surface area contributed by atoms with Crippen LogP contribution in [0, 0.1) is 5.92 Å². The van der Waals surface area contributed by atoms with Gasteiger partial charge in [-0.3, -0.25) is 0 Å². The smallest absolute Gasteiger partial charge is 0.317 e. The highest BCUT2D eigenvalue weighted by Crippen LogP contribution is 2.20. The van der Waals surface area contributed by atoms with Gasteiger partial charge < -0.3 is 14.6 Å². The molecule has 20 heavy (non-hydrogen) atoms. The summed E-state index contributed by atoms with van der Waals surface area (Å²) < 4.78 is 5.37. The van der Waals surface area contributed by atoms with Crippen LogP contribution in [0.5, 0.6) is 0 Å². The molecule has 1 atom stereocenters. The minimum atomic E-state index is 0.0119. The van der Waals surface area contributed by atoms with Crippen molar-refractivity contribution in [3.8, 4) is 0 Å². The lowest BCUT2D eigenvalue weighted by Gasteiger charge is -2.28. The van der Waals surface area contributed by atoms with Gasteiger partial charge in [-0.15, -0.1) is 0 Å². The Kier molecular flexibility index (Phi) is 5.71. The zero-order valence-electron chi connectivity index (χ0n) is 12.2. The van der Waals surface area contributed by atoms with Crippen molar-refractivity contribution in [3.63, 3.8) is 0 Å². The van der Waals surface area contributed by atoms with Crippen LogP contribution in [0.1, 0.15) is 38.4 Å². The van der Waals surface area contributed by atoms with Crippen molar-refractivity contribution in [2.45, 2.75) is 39.2 Å². The number of nitrogens with zero attached hydrogens (tertiary/aromatic N) is 1. The van der Waals surface area contributed by atoms with Crippen molar-refractivity contribution in [2.75, 3.05) is 13.1 Å². The summed E-state index contributed by atoms with van der Waals surface area (Å²) in [6, 6.07) is 3.79. The van der Waals surface area contributed by atoms with Gasteiger partial charge in [-0.2, -0.15) is 0 Å². The first-order valence-corrected chi connectivity index (χ1v) is 7.49. The third kappa shape index (κ3) is 4.44. The molecule has 1 aliphatic carbocycles. The maximum Gasteiger partial charge on any atom is 0.317 e. The van der Waals surface area contributed by atoms with E-state index in [4.69, 9.17) is 4.42 Å². The number of furan rings is 1. The topological polar surface area (TPSA) is 45.5 Å². The Labute approximate surface area is 120 Å². The van der Waals surface area contributed by atoms with Crippen LogP contribution < -0.4 is 5.32 Å². The molecular weight excluding hydrogens is 252 g/mol. The monoisotopic (exact) mass is 276 g/mol. The average molecular weight is 276 g/mol. The molecule has 0 radical (unpaired) electrons. The molecule has 0 aliphatic heterocycles. The molecule has 0 saturated carbocycles.